The molecule has 3 aromatic carbocycles. The summed E-state index contributed by atoms with van der Waals surface area (Å²) in [5.74, 6) is 2.17. The van der Waals surface area contributed by atoms with Crippen LogP contribution in [-0.2, 0) is 11.2 Å². The van der Waals surface area contributed by atoms with Gasteiger partial charge in [-0.25, -0.2) is 4.98 Å². The molecule has 1 aromatic heterocycles. The van der Waals surface area contributed by atoms with Gasteiger partial charge in [0.2, 0.25) is 11.8 Å². The number of anilines is 1. The first-order valence-corrected chi connectivity index (χ1v) is 13.1. The summed E-state index contributed by atoms with van der Waals surface area (Å²) in [6.07, 6.45) is 2.68. The highest BCUT2D eigenvalue weighted by Crippen LogP contribution is 2.41. The van der Waals surface area contributed by atoms with Crippen LogP contribution in [0.15, 0.2) is 82.7 Å². The number of fused-ring (bicyclic) bond motifs is 2. The van der Waals surface area contributed by atoms with E-state index in [-0.39, 0.29) is 11.7 Å². The van der Waals surface area contributed by atoms with Crippen LogP contribution in [0.1, 0.15) is 16.7 Å². The molecule has 0 fully saturated rings. The molecule has 5 rings (SSSR count). The molecule has 0 saturated carbocycles. The standard InChI is InChI=1S/C27H23N3O2S2/c1-17-8-6-11-19-14-22-26(32-24(17)19)29-25(18-9-4-3-5-10-18)30-27(22)34-16-23(31)28-20-12-7-13-21(15-20)33-2/h3-13,15H,14,16H2,1-2H3,(H,28,31). The maximum Gasteiger partial charge on any atom is 0.234 e. The fourth-order valence-electron chi connectivity index (χ4n) is 3.83. The van der Waals surface area contributed by atoms with Crippen molar-refractivity contribution < 1.29 is 9.53 Å². The molecule has 2 heterocycles. The zero-order valence-electron chi connectivity index (χ0n) is 18.9. The number of thioether (sulfide) groups is 2. The molecule has 1 N–H and O–H groups in total. The largest absolute Gasteiger partial charge is 0.438 e. The van der Waals surface area contributed by atoms with Gasteiger partial charge in [-0.3, -0.25) is 4.79 Å². The lowest BCUT2D eigenvalue weighted by atomic mass is 10.0. The summed E-state index contributed by atoms with van der Waals surface area (Å²) in [5, 5.41) is 3.76. The molecule has 0 spiro atoms. The van der Waals surface area contributed by atoms with Crippen LogP contribution in [0.3, 0.4) is 0 Å². The van der Waals surface area contributed by atoms with Gasteiger partial charge >= 0.3 is 0 Å². The van der Waals surface area contributed by atoms with Crippen LogP contribution in [0.25, 0.3) is 11.4 Å². The van der Waals surface area contributed by atoms with Crippen LogP contribution in [0.4, 0.5) is 5.69 Å². The molecule has 0 saturated heterocycles. The third-order valence-corrected chi connectivity index (χ3v) is 7.26. The van der Waals surface area contributed by atoms with E-state index >= 15 is 0 Å². The quantitative estimate of drug-likeness (QED) is 0.216. The van der Waals surface area contributed by atoms with Gasteiger partial charge in [-0.05, 0) is 42.5 Å². The fourth-order valence-corrected chi connectivity index (χ4v) is 5.12. The van der Waals surface area contributed by atoms with Crippen LogP contribution in [0, 0.1) is 6.92 Å². The van der Waals surface area contributed by atoms with E-state index in [4.69, 9.17) is 14.7 Å². The Morgan fingerprint density at radius 3 is 2.68 bits per heavy atom. The molecule has 0 aliphatic carbocycles. The number of hydrogen-bond donors (Lipinski definition) is 1. The monoisotopic (exact) mass is 485 g/mol. The van der Waals surface area contributed by atoms with E-state index in [2.05, 4.69) is 11.4 Å². The highest BCUT2D eigenvalue weighted by atomic mass is 32.2. The summed E-state index contributed by atoms with van der Waals surface area (Å²) in [5.41, 5.74) is 4.79. The fraction of sp³-hybridized carbons (Fsp3) is 0.148. The number of hydrogen-bond acceptors (Lipinski definition) is 6. The molecule has 0 radical (unpaired) electrons. The highest BCUT2D eigenvalue weighted by Gasteiger charge is 2.25. The summed E-state index contributed by atoms with van der Waals surface area (Å²) >= 11 is 3.05. The van der Waals surface area contributed by atoms with Crippen LogP contribution in [0.5, 0.6) is 11.6 Å². The van der Waals surface area contributed by atoms with Crippen molar-refractivity contribution in [2.45, 2.75) is 23.3 Å². The molecular weight excluding hydrogens is 462 g/mol. The minimum Gasteiger partial charge on any atom is -0.438 e. The van der Waals surface area contributed by atoms with E-state index in [0.717, 1.165) is 43.6 Å². The predicted molar refractivity (Wildman–Crippen MR) is 139 cm³/mol. The van der Waals surface area contributed by atoms with Gasteiger partial charge in [0.1, 0.15) is 10.8 Å². The summed E-state index contributed by atoms with van der Waals surface area (Å²) < 4.78 is 6.27. The smallest absolute Gasteiger partial charge is 0.234 e. The molecule has 7 heteroatoms. The molecular formula is C27H23N3O2S2. The van der Waals surface area contributed by atoms with Gasteiger partial charge in [-0.1, -0.05) is 66.4 Å². The van der Waals surface area contributed by atoms with Crippen LogP contribution in [-0.4, -0.2) is 27.9 Å². The lowest BCUT2D eigenvalue weighted by Crippen LogP contribution is -2.15. The number of nitrogens with one attached hydrogen (secondary N) is 1. The van der Waals surface area contributed by atoms with E-state index in [9.17, 15) is 4.79 Å². The summed E-state index contributed by atoms with van der Waals surface area (Å²) in [4.78, 5) is 23.4. The molecule has 0 unspecified atom stereocenters. The maximum absolute atomic E-state index is 12.7. The lowest BCUT2D eigenvalue weighted by Gasteiger charge is -2.23. The van der Waals surface area contributed by atoms with Crippen molar-refractivity contribution in [3.05, 3.63) is 89.5 Å². The Labute approximate surface area is 207 Å². The van der Waals surface area contributed by atoms with Gasteiger partial charge in [0.05, 0.1) is 11.3 Å². The molecule has 1 aliphatic heterocycles. The van der Waals surface area contributed by atoms with Crippen molar-refractivity contribution in [1.29, 1.82) is 0 Å². The van der Waals surface area contributed by atoms with E-state index in [1.54, 1.807) is 11.8 Å². The lowest BCUT2D eigenvalue weighted by molar-refractivity contribution is -0.113. The maximum atomic E-state index is 12.7. The number of ether oxygens (including phenoxy) is 1. The van der Waals surface area contributed by atoms with E-state index in [0.29, 0.717) is 18.1 Å². The van der Waals surface area contributed by atoms with Gasteiger partial charge < -0.3 is 10.1 Å². The molecule has 5 nitrogen and oxygen atoms in total. The van der Waals surface area contributed by atoms with Gasteiger partial charge in [0, 0.05) is 22.6 Å². The second kappa shape index (κ2) is 9.91. The Kier molecular flexibility index (Phi) is 6.56. The van der Waals surface area contributed by atoms with Crippen molar-refractivity contribution in [3.63, 3.8) is 0 Å². The Morgan fingerprint density at radius 1 is 1.03 bits per heavy atom. The van der Waals surface area contributed by atoms with Crippen molar-refractivity contribution >= 4 is 35.1 Å². The number of aryl methyl sites for hydroxylation is 1. The average molecular weight is 486 g/mol. The number of carbonyl (C=O) groups excluding carboxylic acids is 1. The molecule has 1 aliphatic rings. The minimum absolute atomic E-state index is 0.0788. The number of carbonyl (C=O) groups is 1. The Balaban J connectivity index is 1.43. The van der Waals surface area contributed by atoms with Crippen molar-refractivity contribution in [3.8, 4) is 23.0 Å². The Morgan fingerprint density at radius 2 is 1.85 bits per heavy atom. The van der Waals surface area contributed by atoms with Crippen molar-refractivity contribution in [2.75, 3.05) is 17.3 Å². The molecule has 170 valence electrons. The Bertz CT molecular complexity index is 1360. The zero-order chi connectivity index (χ0) is 23.5. The first-order valence-electron chi connectivity index (χ1n) is 10.9. The number of amides is 1. The molecule has 0 bridgehead atoms. The normalized spacial score (nSPS) is 11.8. The molecule has 4 aromatic rings. The minimum atomic E-state index is -0.0788. The van der Waals surface area contributed by atoms with Gasteiger partial charge in [-0.2, -0.15) is 4.98 Å². The number of rotatable bonds is 6. The molecule has 34 heavy (non-hydrogen) atoms. The van der Waals surface area contributed by atoms with Gasteiger partial charge in [0.25, 0.3) is 0 Å². The molecule has 0 atom stereocenters. The zero-order valence-corrected chi connectivity index (χ0v) is 20.5. The summed E-state index contributed by atoms with van der Waals surface area (Å²) in [6.45, 7) is 2.04. The second-order valence-electron chi connectivity index (χ2n) is 7.91. The first kappa shape index (κ1) is 22.5. The highest BCUT2D eigenvalue weighted by molar-refractivity contribution is 8.00. The summed E-state index contributed by atoms with van der Waals surface area (Å²) in [6, 6.07) is 23.8. The summed E-state index contributed by atoms with van der Waals surface area (Å²) in [7, 11) is 0. The van der Waals surface area contributed by atoms with Gasteiger partial charge in [0.15, 0.2) is 5.82 Å². The SMILES string of the molecule is CSc1cccc(NC(=O)CSc2nc(-c3ccccc3)nc3c2Cc2cccc(C)c2O3)c1. The number of nitrogens with zero attached hydrogens (tertiary/aromatic N) is 2. The van der Waals surface area contributed by atoms with Crippen LogP contribution in [0.2, 0.25) is 0 Å². The number of aromatic nitrogens is 2. The third kappa shape index (κ3) is 4.81. The topological polar surface area (TPSA) is 64.1 Å². The number of benzene rings is 3. The third-order valence-electron chi connectivity index (χ3n) is 5.52. The van der Waals surface area contributed by atoms with Crippen LogP contribution < -0.4 is 10.1 Å². The second-order valence-corrected chi connectivity index (χ2v) is 9.76. The number of para-hydroxylation sites is 1. The van der Waals surface area contributed by atoms with E-state index in [1.165, 1.54) is 11.8 Å². The Hall–Kier alpha value is -3.29. The van der Waals surface area contributed by atoms with E-state index < -0.39 is 0 Å². The van der Waals surface area contributed by atoms with E-state index in [1.807, 2.05) is 79.9 Å². The predicted octanol–water partition coefficient (Wildman–Crippen LogP) is 6.60. The van der Waals surface area contributed by atoms with Crippen LogP contribution >= 0.6 is 23.5 Å². The van der Waals surface area contributed by atoms with Crippen molar-refractivity contribution in [1.82, 2.24) is 9.97 Å². The first-order chi connectivity index (χ1) is 16.6. The van der Waals surface area contributed by atoms with Crippen molar-refractivity contribution in [2.24, 2.45) is 0 Å². The average Bonchev–Trinajstić information content (AvgIpc) is 2.87. The molecule has 1 amide bonds. The van der Waals surface area contributed by atoms with Gasteiger partial charge in [-0.15, -0.1) is 11.8 Å².